The third-order valence-corrected chi connectivity index (χ3v) is 3.08. The van der Waals surface area contributed by atoms with Crippen molar-refractivity contribution in [1.29, 1.82) is 0 Å². The Hall–Kier alpha value is -1.55. The van der Waals surface area contributed by atoms with Crippen LogP contribution < -0.4 is 5.32 Å². The van der Waals surface area contributed by atoms with Gasteiger partial charge in [-0.15, -0.1) is 0 Å². The topological polar surface area (TPSA) is 36.8 Å². The van der Waals surface area contributed by atoms with Gasteiger partial charge in [0.1, 0.15) is 18.2 Å². The number of benzene rings is 1. The minimum Gasteiger partial charge on any atom is -0.307 e. The lowest BCUT2D eigenvalue weighted by molar-refractivity contribution is 0.484. The van der Waals surface area contributed by atoms with Crippen molar-refractivity contribution in [1.82, 2.24) is 5.32 Å². The van der Waals surface area contributed by atoms with E-state index in [0.717, 1.165) is 24.2 Å². The van der Waals surface area contributed by atoms with E-state index in [0.29, 0.717) is 0 Å². The first-order valence-electron chi connectivity index (χ1n) is 5.42. The van der Waals surface area contributed by atoms with E-state index in [2.05, 4.69) is 15.3 Å². The van der Waals surface area contributed by atoms with E-state index in [1.807, 2.05) is 12.1 Å². The van der Waals surface area contributed by atoms with E-state index in [4.69, 9.17) is 0 Å². The number of rotatable bonds is 1. The van der Waals surface area contributed by atoms with Crippen molar-refractivity contribution in [3.05, 3.63) is 35.6 Å². The molecule has 2 atom stereocenters. The summed E-state index contributed by atoms with van der Waals surface area (Å²) in [6.45, 7) is 0.904. The summed E-state index contributed by atoms with van der Waals surface area (Å²) in [6.07, 6.45) is 2.58. The maximum atomic E-state index is 12.8. The number of hydrogen-bond acceptors (Lipinski definition) is 3. The maximum Gasteiger partial charge on any atom is 0.123 e. The van der Waals surface area contributed by atoms with E-state index in [1.165, 1.54) is 12.1 Å². The Kier molecular flexibility index (Phi) is 2.29. The van der Waals surface area contributed by atoms with Crippen LogP contribution in [-0.2, 0) is 0 Å². The fourth-order valence-corrected chi connectivity index (χ4v) is 2.27. The molecule has 0 spiro atoms. The van der Waals surface area contributed by atoms with Crippen molar-refractivity contribution in [2.45, 2.75) is 18.5 Å². The Morgan fingerprint density at radius 2 is 2.06 bits per heavy atom. The highest BCUT2D eigenvalue weighted by atomic mass is 19.1. The molecule has 3 rings (SSSR count). The summed E-state index contributed by atoms with van der Waals surface area (Å²) >= 11 is 0. The molecule has 1 N–H and O–H groups in total. The van der Waals surface area contributed by atoms with Crippen molar-refractivity contribution in [3.8, 4) is 0 Å². The van der Waals surface area contributed by atoms with Crippen molar-refractivity contribution >= 4 is 12.1 Å². The number of hydrogen-bond donors (Lipinski definition) is 1. The summed E-state index contributed by atoms with van der Waals surface area (Å²) < 4.78 is 12.8. The lowest BCUT2D eigenvalue weighted by Gasteiger charge is -2.29. The summed E-state index contributed by atoms with van der Waals surface area (Å²) in [5, 5.41) is 3.41. The lowest BCUT2D eigenvalue weighted by Crippen LogP contribution is -2.41. The Labute approximate surface area is 93.1 Å². The molecule has 0 amide bonds. The molecule has 0 saturated carbocycles. The largest absolute Gasteiger partial charge is 0.307 e. The molecule has 0 radical (unpaired) electrons. The van der Waals surface area contributed by atoms with E-state index in [9.17, 15) is 4.39 Å². The van der Waals surface area contributed by atoms with Crippen LogP contribution in [-0.4, -0.2) is 24.6 Å². The van der Waals surface area contributed by atoms with Gasteiger partial charge in [-0.05, 0) is 17.7 Å². The standard InChI is InChI=1S/C12H12FN3/c13-9-3-1-8(2-4-9)11-12-10(5-6-14-11)15-7-16-12/h1-4,7,11-12,14H,5-6H2/t11-,12+/m1/s1. The normalized spacial score (nSPS) is 27.7. The van der Waals surface area contributed by atoms with E-state index in [-0.39, 0.29) is 17.9 Å². The third kappa shape index (κ3) is 1.55. The minimum absolute atomic E-state index is 0.0965. The second-order valence-corrected chi connectivity index (χ2v) is 4.06. The molecule has 0 unspecified atom stereocenters. The highest BCUT2D eigenvalue weighted by molar-refractivity contribution is 6.00. The maximum absolute atomic E-state index is 12.8. The van der Waals surface area contributed by atoms with Crippen molar-refractivity contribution in [3.63, 3.8) is 0 Å². The summed E-state index contributed by atoms with van der Waals surface area (Å²) in [5.41, 5.74) is 2.20. The van der Waals surface area contributed by atoms with Crippen LogP contribution in [0.25, 0.3) is 0 Å². The molecule has 0 aliphatic carbocycles. The van der Waals surface area contributed by atoms with E-state index in [1.54, 1.807) is 6.34 Å². The molecule has 0 aromatic heterocycles. The highest BCUT2D eigenvalue weighted by Crippen LogP contribution is 2.26. The average molecular weight is 217 g/mol. The number of piperidine rings is 1. The second kappa shape index (κ2) is 3.79. The summed E-state index contributed by atoms with van der Waals surface area (Å²) in [6, 6.07) is 6.82. The van der Waals surface area contributed by atoms with Gasteiger partial charge in [0.05, 0.1) is 6.04 Å². The van der Waals surface area contributed by atoms with Crippen LogP contribution in [0.2, 0.25) is 0 Å². The van der Waals surface area contributed by atoms with Crippen LogP contribution in [0, 0.1) is 5.82 Å². The Morgan fingerprint density at radius 3 is 2.88 bits per heavy atom. The molecule has 2 aliphatic heterocycles. The van der Waals surface area contributed by atoms with Crippen LogP contribution in [0.5, 0.6) is 0 Å². The van der Waals surface area contributed by atoms with Gasteiger partial charge in [0, 0.05) is 18.7 Å². The molecule has 1 aromatic carbocycles. The summed E-state index contributed by atoms with van der Waals surface area (Å²) in [4.78, 5) is 8.61. The summed E-state index contributed by atoms with van der Waals surface area (Å²) in [5.74, 6) is -0.205. The van der Waals surface area contributed by atoms with Gasteiger partial charge in [-0.25, -0.2) is 9.38 Å². The van der Waals surface area contributed by atoms with Crippen LogP contribution >= 0.6 is 0 Å². The van der Waals surface area contributed by atoms with Gasteiger partial charge in [-0.1, -0.05) is 12.1 Å². The fourth-order valence-electron chi connectivity index (χ4n) is 2.27. The lowest BCUT2D eigenvalue weighted by atomic mass is 9.91. The molecule has 16 heavy (non-hydrogen) atoms. The van der Waals surface area contributed by atoms with Crippen molar-refractivity contribution in [2.24, 2.45) is 9.98 Å². The highest BCUT2D eigenvalue weighted by Gasteiger charge is 2.32. The number of aliphatic imine (C=N–C) groups is 2. The molecule has 0 bridgehead atoms. The monoisotopic (exact) mass is 217 g/mol. The van der Waals surface area contributed by atoms with Crippen LogP contribution in [0.15, 0.2) is 34.3 Å². The first kappa shape index (κ1) is 9.66. The predicted molar refractivity (Wildman–Crippen MR) is 61.5 cm³/mol. The Balaban J connectivity index is 1.91. The second-order valence-electron chi connectivity index (χ2n) is 4.06. The molecule has 3 nitrogen and oxygen atoms in total. The molecular formula is C12H12FN3. The predicted octanol–water partition coefficient (Wildman–Crippen LogP) is 1.71. The third-order valence-electron chi connectivity index (χ3n) is 3.08. The Bertz CT molecular complexity index is 450. The van der Waals surface area contributed by atoms with Gasteiger partial charge in [0.15, 0.2) is 0 Å². The first-order valence-corrected chi connectivity index (χ1v) is 5.42. The van der Waals surface area contributed by atoms with Gasteiger partial charge in [-0.3, -0.25) is 4.99 Å². The van der Waals surface area contributed by atoms with E-state index < -0.39 is 0 Å². The fraction of sp³-hybridized carbons (Fsp3) is 0.333. The molecule has 82 valence electrons. The zero-order valence-corrected chi connectivity index (χ0v) is 8.73. The van der Waals surface area contributed by atoms with Gasteiger partial charge in [-0.2, -0.15) is 0 Å². The van der Waals surface area contributed by atoms with Crippen LogP contribution in [0.3, 0.4) is 0 Å². The molecule has 1 saturated heterocycles. The van der Waals surface area contributed by atoms with Gasteiger partial charge < -0.3 is 5.32 Å². The Morgan fingerprint density at radius 1 is 1.25 bits per heavy atom. The number of halogens is 1. The minimum atomic E-state index is -0.205. The molecule has 4 heteroatoms. The quantitative estimate of drug-likeness (QED) is 0.764. The number of fused-ring (bicyclic) bond motifs is 1. The molecule has 2 heterocycles. The molecule has 2 aliphatic rings. The number of nitrogens with one attached hydrogen (secondary N) is 1. The molecule has 1 aromatic rings. The zero-order valence-electron chi connectivity index (χ0n) is 8.73. The van der Waals surface area contributed by atoms with Crippen molar-refractivity contribution < 1.29 is 4.39 Å². The van der Waals surface area contributed by atoms with Gasteiger partial charge in [0.25, 0.3) is 0 Å². The SMILES string of the molecule is Fc1ccc([C@H]2NCCC3=NC=N[C@@H]32)cc1. The first-order chi connectivity index (χ1) is 7.84. The van der Waals surface area contributed by atoms with E-state index >= 15 is 0 Å². The van der Waals surface area contributed by atoms with Crippen LogP contribution in [0.4, 0.5) is 4.39 Å². The smallest absolute Gasteiger partial charge is 0.123 e. The average Bonchev–Trinajstić information content (AvgIpc) is 2.78. The zero-order chi connectivity index (χ0) is 11.0. The van der Waals surface area contributed by atoms with Gasteiger partial charge in [0.2, 0.25) is 0 Å². The molecular weight excluding hydrogens is 205 g/mol. The summed E-state index contributed by atoms with van der Waals surface area (Å²) in [7, 11) is 0. The van der Waals surface area contributed by atoms with Crippen LogP contribution in [0.1, 0.15) is 18.0 Å². The molecule has 1 fully saturated rings. The van der Waals surface area contributed by atoms with Crippen molar-refractivity contribution in [2.75, 3.05) is 6.54 Å². The van der Waals surface area contributed by atoms with Gasteiger partial charge >= 0.3 is 0 Å². The number of nitrogens with zero attached hydrogens (tertiary/aromatic N) is 2.